The monoisotopic (exact) mass is 686 g/mol. The number of methoxy groups -OCH3 is 1. The molecule has 2 saturated carbocycles. The number of carbonyl (C=O) groups excluding carboxylic acids is 3. The van der Waals surface area contributed by atoms with Crippen molar-refractivity contribution in [1.82, 2.24) is 0 Å². The summed E-state index contributed by atoms with van der Waals surface area (Å²) in [5.74, 6) is -2.78. The highest BCUT2D eigenvalue weighted by molar-refractivity contribution is 5.75. The van der Waals surface area contributed by atoms with E-state index in [4.69, 9.17) is 9.47 Å². The molecule has 0 bridgehead atoms. The quantitative estimate of drug-likeness (QED) is 0.121. The van der Waals surface area contributed by atoms with Gasteiger partial charge in [-0.15, -0.1) is 0 Å². The standard InChI is InChI=1S/C40H62O9/c1-23(2)24(3)12-13-26(35(44)45)34-29(48-25(4)41)20-40(10)28-14-15-30-36(5,6)31(49-33(43)22-37(7,46)21-32(42)47-11)17-18-38(30,8)27(28)16-19-39(34,40)9/h23,26,29-31,34,46H,3,12-22H2,1-2,4-11H3,(H,44,45)/t26-,29-,30+,31-,34+,37+,38-,39-,40+/m1/s1. The van der Waals surface area contributed by atoms with Crippen molar-refractivity contribution in [2.75, 3.05) is 7.11 Å². The molecule has 2 N–H and O–H groups in total. The van der Waals surface area contributed by atoms with E-state index in [9.17, 15) is 29.4 Å². The first kappa shape index (κ1) is 39.1. The van der Waals surface area contributed by atoms with Crippen LogP contribution in [0.4, 0.5) is 0 Å². The highest BCUT2D eigenvalue weighted by Gasteiger charge is 2.68. The Balaban J connectivity index is 1.64. The van der Waals surface area contributed by atoms with Crippen molar-refractivity contribution in [3.8, 4) is 0 Å². The Morgan fingerprint density at radius 3 is 2.16 bits per heavy atom. The molecule has 0 aromatic carbocycles. The zero-order chi connectivity index (χ0) is 36.9. The van der Waals surface area contributed by atoms with Crippen LogP contribution in [0.5, 0.6) is 0 Å². The SMILES string of the molecule is C=C(CC[C@@H](C(=O)O)[C@H]1[C@H](OC(C)=O)C[C@@]2(C)C3=C(CC[C@]12C)[C@@]1(C)CC[C@@H](OC(=O)C[C@@](C)(O)CC(=O)OC)C(C)(C)[C@@H]1CC3)C(C)C. The number of allylic oxidation sites excluding steroid dienone is 3. The average Bonchev–Trinajstić information content (AvgIpc) is 3.19. The first-order chi connectivity index (χ1) is 22.5. The van der Waals surface area contributed by atoms with Crippen molar-refractivity contribution in [2.24, 2.45) is 45.3 Å². The predicted octanol–water partition coefficient (Wildman–Crippen LogP) is 7.59. The van der Waals surface area contributed by atoms with Gasteiger partial charge in [0.05, 0.1) is 31.5 Å². The van der Waals surface area contributed by atoms with Gasteiger partial charge in [-0.2, -0.15) is 0 Å². The third-order valence-corrected chi connectivity index (χ3v) is 13.9. The van der Waals surface area contributed by atoms with Gasteiger partial charge in [0.15, 0.2) is 0 Å². The molecule has 2 fully saturated rings. The molecule has 49 heavy (non-hydrogen) atoms. The van der Waals surface area contributed by atoms with Crippen LogP contribution in [0.1, 0.15) is 133 Å². The maximum Gasteiger partial charge on any atom is 0.309 e. The Kier molecular flexibility index (Phi) is 11.0. The largest absolute Gasteiger partial charge is 0.481 e. The van der Waals surface area contributed by atoms with E-state index in [0.29, 0.717) is 25.7 Å². The summed E-state index contributed by atoms with van der Waals surface area (Å²) < 4.78 is 16.8. The lowest BCUT2D eigenvalue weighted by molar-refractivity contribution is -0.175. The second-order valence-corrected chi connectivity index (χ2v) is 17.7. The van der Waals surface area contributed by atoms with E-state index in [1.54, 1.807) is 0 Å². The Labute approximate surface area is 293 Å². The number of aliphatic hydroxyl groups is 1. The minimum Gasteiger partial charge on any atom is -0.481 e. The number of fused-ring (bicyclic) bond motifs is 4. The zero-order valence-corrected chi connectivity index (χ0v) is 31.7. The topological polar surface area (TPSA) is 136 Å². The van der Waals surface area contributed by atoms with E-state index in [-0.39, 0.29) is 64.3 Å². The highest BCUT2D eigenvalue weighted by atomic mass is 16.6. The van der Waals surface area contributed by atoms with Gasteiger partial charge in [0.2, 0.25) is 0 Å². The molecule has 0 aliphatic heterocycles. The molecular formula is C40H62O9. The number of carboxylic acid groups (broad SMARTS) is 1. The molecule has 0 spiro atoms. The number of hydrogen-bond donors (Lipinski definition) is 2. The van der Waals surface area contributed by atoms with Crippen LogP contribution < -0.4 is 0 Å². The molecule has 0 aromatic heterocycles. The molecule has 4 rings (SSSR count). The maximum atomic E-state index is 13.1. The van der Waals surface area contributed by atoms with Crippen LogP contribution in [0.15, 0.2) is 23.3 Å². The van der Waals surface area contributed by atoms with Gasteiger partial charge in [-0.05, 0) is 92.8 Å². The molecular weight excluding hydrogens is 624 g/mol. The molecule has 0 amide bonds. The number of rotatable bonds is 12. The fourth-order valence-corrected chi connectivity index (χ4v) is 11.0. The Hall–Kier alpha value is -2.68. The lowest BCUT2D eigenvalue weighted by atomic mass is 9.43. The first-order valence-corrected chi connectivity index (χ1v) is 18.3. The van der Waals surface area contributed by atoms with E-state index in [0.717, 1.165) is 37.7 Å². The average molecular weight is 687 g/mol. The van der Waals surface area contributed by atoms with Crippen molar-refractivity contribution in [1.29, 1.82) is 0 Å². The molecule has 9 nitrogen and oxygen atoms in total. The lowest BCUT2D eigenvalue weighted by Crippen LogP contribution is -2.56. The summed E-state index contributed by atoms with van der Waals surface area (Å²) >= 11 is 0. The number of aliphatic carboxylic acids is 1. The Morgan fingerprint density at radius 1 is 0.959 bits per heavy atom. The summed E-state index contributed by atoms with van der Waals surface area (Å²) in [6, 6.07) is 0. The first-order valence-electron chi connectivity index (χ1n) is 18.3. The van der Waals surface area contributed by atoms with Crippen LogP contribution >= 0.6 is 0 Å². The smallest absolute Gasteiger partial charge is 0.309 e. The Bertz CT molecular complexity index is 1370. The van der Waals surface area contributed by atoms with E-state index in [1.807, 2.05) is 0 Å². The second-order valence-electron chi connectivity index (χ2n) is 17.7. The third kappa shape index (κ3) is 7.12. The van der Waals surface area contributed by atoms with Gasteiger partial charge in [0.1, 0.15) is 12.2 Å². The molecule has 0 saturated heterocycles. The molecule has 276 valence electrons. The number of esters is 3. The summed E-state index contributed by atoms with van der Waals surface area (Å²) in [5, 5.41) is 21.3. The van der Waals surface area contributed by atoms with Crippen LogP contribution in [-0.2, 0) is 33.4 Å². The molecule has 9 heteroatoms. The van der Waals surface area contributed by atoms with Gasteiger partial charge in [-0.1, -0.05) is 71.8 Å². The molecule has 0 aromatic rings. The minimum absolute atomic E-state index is 0.128. The van der Waals surface area contributed by atoms with E-state index < -0.39 is 35.5 Å². The van der Waals surface area contributed by atoms with Crippen LogP contribution in [-0.4, -0.2) is 59.0 Å². The van der Waals surface area contributed by atoms with Crippen LogP contribution in [0.3, 0.4) is 0 Å². The number of ether oxygens (including phenoxy) is 3. The number of hydrogen-bond acceptors (Lipinski definition) is 8. The summed E-state index contributed by atoms with van der Waals surface area (Å²) in [7, 11) is 1.25. The fourth-order valence-electron chi connectivity index (χ4n) is 11.0. The summed E-state index contributed by atoms with van der Waals surface area (Å²) in [6.45, 7) is 22.5. The minimum atomic E-state index is -1.56. The van der Waals surface area contributed by atoms with Gasteiger partial charge in [0, 0.05) is 18.3 Å². The second kappa shape index (κ2) is 13.8. The van der Waals surface area contributed by atoms with E-state index in [1.165, 1.54) is 32.1 Å². The third-order valence-electron chi connectivity index (χ3n) is 13.9. The summed E-state index contributed by atoms with van der Waals surface area (Å²) in [5.41, 5.74) is 1.18. The van der Waals surface area contributed by atoms with E-state index in [2.05, 4.69) is 59.8 Å². The molecule has 0 radical (unpaired) electrons. The summed E-state index contributed by atoms with van der Waals surface area (Å²) in [6.07, 6.45) is 5.26. The van der Waals surface area contributed by atoms with Crippen LogP contribution in [0.2, 0.25) is 0 Å². The van der Waals surface area contributed by atoms with Crippen molar-refractivity contribution in [2.45, 2.75) is 151 Å². The number of carbonyl (C=O) groups is 4. The fraction of sp³-hybridized carbons (Fsp3) is 0.800. The highest BCUT2D eigenvalue weighted by Crippen LogP contribution is 2.73. The van der Waals surface area contributed by atoms with Gasteiger partial charge in [0.25, 0.3) is 0 Å². The van der Waals surface area contributed by atoms with Crippen LogP contribution in [0, 0.1) is 45.3 Å². The lowest BCUT2D eigenvalue weighted by Gasteiger charge is -2.62. The number of carboxylic acids is 1. The Morgan fingerprint density at radius 2 is 1.59 bits per heavy atom. The van der Waals surface area contributed by atoms with Gasteiger partial charge < -0.3 is 24.4 Å². The van der Waals surface area contributed by atoms with Crippen molar-refractivity contribution >= 4 is 23.9 Å². The normalized spacial score (nSPS) is 35.3. The van der Waals surface area contributed by atoms with Crippen molar-refractivity contribution in [3.05, 3.63) is 23.3 Å². The van der Waals surface area contributed by atoms with Crippen LogP contribution in [0.25, 0.3) is 0 Å². The predicted molar refractivity (Wildman–Crippen MR) is 186 cm³/mol. The molecule has 0 heterocycles. The maximum absolute atomic E-state index is 13.1. The molecule has 4 aliphatic rings. The molecule has 0 unspecified atom stereocenters. The molecule has 9 atom stereocenters. The van der Waals surface area contributed by atoms with Crippen molar-refractivity contribution < 1.29 is 43.6 Å². The van der Waals surface area contributed by atoms with Gasteiger partial charge in [-0.25, -0.2) is 0 Å². The summed E-state index contributed by atoms with van der Waals surface area (Å²) in [4.78, 5) is 50.3. The zero-order valence-electron chi connectivity index (χ0n) is 31.7. The molecule has 4 aliphatic carbocycles. The van der Waals surface area contributed by atoms with Crippen molar-refractivity contribution in [3.63, 3.8) is 0 Å². The van der Waals surface area contributed by atoms with E-state index >= 15 is 0 Å². The van der Waals surface area contributed by atoms with Gasteiger partial charge >= 0.3 is 23.9 Å². The van der Waals surface area contributed by atoms with Gasteiger partial charge in [-0.3, -0.25) is 19.2 Å².